The van der Waals surface area contributed by atoms with E-state index in [2.05, 4.69) is 13.8 Å². The number of carboxylic acid groups (broad SMARTS) is 1. The van der Waals surface area contributed by atoms with E-state index in [4.69, 9.17) is 10.8 Å². The van der Waals surface area contributed by atoms with Crippen molar-refractivity contribution in [3.63, 3.8) is 0 Å². The summed E-state index contributed by atoms with van der Waals surface area (Å²) in [7, 11) is 0. The van der Waals surface area contributed by atoms with Gasteiger partial charge in [-0.3, -0.25) is 4.79 Å². The maximum absolute atomic E-state index is 10.8. The van der Waals surface area contributed by atoms with Crippen LogP contribution in [-0.2, 0) is 11.2 Å². The zero-order valence-corrected chi connectivity index (χ0v) is 14.9. The number of rotatable bonds is 5. The highest BCUT2D eigenvalue weighted by Gasteiger charge is 2.12. The molecule has 0 amide bonds. The molecule has 1 aromatic rings. The number of hydrogen-bond acceptors (Lipinski definition) is 2. The van der Waals surface area contributed by atoms with E-state index in [9.17, 15) is 4.79 Å². The normalized spacial score (nSPS) is 16.6. The van der Waals surface area contributed by atoms with Gasteiger partial charge in [0.05, 0.1) is 5.92 Å². The van der Waals surface area contributed by atoms with Crippen LogP contribution in [-0.4, -0.2) is 17.1 Å². The molecule has 1 saturated carbocycles. The van der Waals surface area contributed by atoms with E-state index >= 15 is 0 Å². The molecule has 0 bridgehead atoms. The quantitative estimate of drug-likeness (QED) is 0.824. The lowest BCUT2D eigenvalue weighted by atomic mass is 9.97. The first kappa shape index (κ1) is 19.7. The van der Waals surface area contributed by atoms with E-state index in [-0.39, 0.29) is 0 Å². The molecule has 0 radical (unpaired) electrons. The van der Waals surface area contributed by atoms with E-state index in [0.717, 1.165) is 12.0 Å². The molecular formula is C20H33NO2. The third-order valence-electron chi connectivity index (χ3n) is 4.51. The molecule has 1 aromatic carbocycles. The van der Waals surface area contributed by atoms with Crippen molar-refractivity contribution in [2.75, 3.05) is 0 Å². The Morgan fingerprint density at radius 1 is 1.13 bits per heavy atom. The lowest BCUT2D eigenvalue weighted by Crippen LogP contribution is -2.22. The van der Waals surface area contributed by atoms with Gasteiger partial charge in [0, 0.05) is 6.04 Å². The number of aliphatic carboxylic acids is 1. The van der Waals surface area contributed by atoms with Gasteiger partial charge < -0.3 is 10.8 Å². The molecule has 2 rings (SSSR count). The summed E-state index contributed by atoms with van der Waals surface area (Å²) in [4.78, 5) is 10.8. The molecule has 130 valence electrons. The van der Waals surface area contributed by atoms with Crippen LogP contribution in [0.5, 0.6) is 0 Å². The number of nitrogens with two attached hydrogens (primary N) is 1. The van der Waals surface area contributed by atoms with Crippen molar-refractivity contribution in [2.24, 2.45) is 11.7 Å². The molecule has 0 saturated heterocycles. The molecule has 0 spiro atoms. The summed E-state index contributed by atoms with van der Waals surface area (Å²) in [6.07, 6.45) is 8.91. The van der Waals surface area contributed by atoms with Crippen molar-refractivity contribution in [3.8, 4) is 0 Å². The Hall–Kier alpha value is -1.35. The highest BCUT2D eigenvalue weighted by Crippen LogP contribution is 2.17. The van der Waals surface area contributed by atoms with Gasteiger partial charge in [-0.2, -0.15) is 0 Å². The molecule has 1 aliphatic rings. The highest BCUT2D eigenvalue weighted by molar-refractivity contribution is 5.75. The third-order valence-corrected chi connectivity index (χ3v) is 4.51. The van der Waals surface area contributed by atoms with Crippen molar-refractivity contribution in [1.82, 2.24) is 0 Å². The average molecular weight is 319 g/mol. The van der Waals surface area contributed by atoms with Crippen LogP contribution in [0.15, 0.2) is 24.3 Å². The van der Waals surface area contributed by atoms with Crippen LogP contribution in [0.4, 0.5) is 0 Å². The first-order chi connectivity index (χ1) is 10.9. The number of benzene rings is 1. The summed E-state index contributed by atoms with van der Waals surface area (Å²) in [5.74, 6) is -0.480. The Morgan fingerprint density at radius 2 is 1.70 bits per heavy atom. The minimum atomic E-state index is -0.769. The van der Waals surface area contributed by atoms with Gasteiger partial charge in [0.15, 0.2) is 0 Å². The fraction of sp³-hybridized carbons (Fsp3) is 0.650. The second-order valence-corrected chi connectivity index (χ2v) is 7.13. The summed E-state index contributed by atoms with van der Waals surface area (Å²) in [5.41, 5.74) is 7.80. The van der Waals surface area contributed by atoms with Crippen molar-refractivity contribution in [2.45, 2.75) is 77.7 Å². The number of hydrogen-bond donors (Lipinski definition) is 2. The Bertz CT molecular complexity index is 447. The van der Waals surface area contributed by atoms with Crippen LogP contribution in [0.25, 0.3) is 0 Å². The van der Waals surface area contributed by atoms with Gasteiger partial charge in [-0.05, 0) is 49.7 Å². The first-order valence-corrected chi connectivity index (χ1v) is 8.97. The fourth-order valence-electron chi connectivity index (χ4n) is 2.71. The largest absolute Gasteiger partial charge is 0.481 e. The standard InChI is InChI=1S/C14H20O2.C6H13N/c1-10(2)4-5-12-6-8-13(9-7-12)11(3)14(15)16;7-6-4-2-1-3-5-6/h6-11H,4-5H2,1-3H3,(H,15,16);6H,1-5,7H2. The second kappa shape index (κ2) is 10.4. The topological polar surface area (TPSA) is 63.3 Å². The molecule has 23 heavy (non-hydrogen) atoms. The van der Waals surface area contributed by atoms with Gasteiger partial charge in [0.1, 0.15) is 0 Å². The minimum Gasteiger partial charge on any atom is -0.481 e. The maximum Gasteiger partial charge on any atom is 0.310 e. The number of carboxylic acids is 1. The van der Waals surface area contributed by atoms with E-state index in [0.29, 0.717) is 12.0 Å². The summed E-state index contributed by atoms with van der Waals surface area (Å²) < 4.78 is 0. The maximum atomic E-state index is 10.8. The Labute approximate surface area is 141 Å². The lowest BCUT2D eigenvalue weighted by Gasteiger charge is -2.15. The smallest absolute Gasteiger partial charge is 0.310 e. The Morgan fingerprint density at radius 3 is 2.09 bits per heavy atom. The predicted octanol–water partition coefficient (Wildman–Crippen LogP) is 4.74. The number of aryl methyl sites for hydroxylation is 1. The molecule has 0 heterocycles. The monoisotopic (exact) mass is 319 g/mol. The summed E-state index contributed by atoms with van der Waals surface area (Å²) >= 11 is 0. The Balaban J connectivity index is 0.000000313. The van der Waals surface area contributed by atoms with Gasteiger partial charge in [-0.25, -0.2) is 0 Å². The van der Waals surface area contributed by atoms with Gasteiger partial charge >= 0.3 is 5.97 Å². The SMILES string of the molecule is CC(C)CCc1ccc(C(C)C(=O)O)cc1.NC1CCCCC1. The summed E-state index contributed by atoms with van der Waals surface area (Å²) in [6, 6.07) is 8.46. The lowest BCUT2D eigenvalue weighted by molar-refractivity contribution is -0.138. The molecule has 3 heteroatoms. The molecule has 0 aromatic heterocycles. The minimum absolute atomic E-state index is 0.417. The second-order valence-electron chi connectivity index (χ2n) is 7.13. The molecule has 1 fully saturated rings. The summed E-state index contributed by atoms with van der Waals surface area (Å²) in [6.45, 7) is 6.13. The van der Waals surface area contributed by atoms with Gasteiger partial charge in [-0.1, -0.05) is 57.4 Å². The molecule has 3 N–H and O–H groups in total. The summed E-state index contributed by atoms with van der Waals surface area (Å²) in [5, 5.41) is 8.88. The highest BCUT2D eigenvalue weighted by atomic mass is 16.4. The third kappa shape index (κ3) is 8.17. The predicted molar refractivity (Wildman–Crippen MR) is 96.7 cm³/mol. The van der Waals surface area contributed by atoms with E-state index in [1.54, 1.807) is 6.92 Å². The van der Waals surface area contributed by atoms with Crippen molar-refractivity contribution in [3.05, 3.63) is 35.4 Å². The van der Waals surface area contributed by atoms with Crippen LogP contribution >= 0.6 is 0 Å². The first-order valence-electron chi connectivity index (χ1n) is 8.97. The van der Waals surface area contributed by atoms with Crippen LogP contribution in [0.2, 0.25) is 0 Å². The van der Waals surface area contributed by atoms with Crippen LogP contribution in [0, 0.1) is 5.92 Å². The van der Waals surface area contributed by atoms with E-state index in [1.165, 1.54) is 44.1 Å². The van der Waals surface area contributed by atoms with Gasteiger partial charge in [-0.15, -0.1) is 0 Å². The van der Waals surface area contributed by atoms with Crippen molar-refractivity contribution < 1.29 is 9.90 Å². The molecule has 1 unspecified atom stereocenters. The average Bonchev–Trinajstić information content (AvgIpc) is 2.54. The molecule has 3 nitrogen and oxygen atoms in total. The van der Waals surface area contributed by atoms with Gasteiger partial charge in [0.25, 0.3) is 0 Å². The fourth-order valence-corrected chi connectivity index (χ4v) is 2.71. The van der Waals surface area contributed by atoms with Gasteiger partial charge in [0.2, 0.25) is 0 Å². The van der Waals surface area contributed by atoms with E-state index < -0.39 is 11.9 Å². The zero-order chi connectivity index (χ0) is 17.2. The van der Waals surface area contributed by atoms with Crippen LogP contribution in [0.3, 0.4) is 0 Å². The van der Waals surface area contributed by atoms with E-state index in [1.807, 2.05) is 24.3 Å². The van der Waals surface area contributed by atoms with Crippen LogP contribution in [0.1, 0.15) is 76.3 Å². The molecule has 1 atom stereocenters. The Kier molecular flexibility index (Phi) is 8.93. The molecular weight excluding hydrogens is 286 g/mol. The van der Waals surface area contributed by atoms with Crippen molar-refractivity contribution >= 4 is 5.97 Å². The number of carbonyl (C=O) groups is 1. The van der Waals surface area contributed by atoms with Crippen LogP contribution < -0.4 is 5.73 Å². The molecule has 1 aliphatic carbocycles. The molecule has 0 aliphatic heterocycles. The zero-order valence-electron chi connectivity index (χ0n) is 14.9. The van der Waals surface area contributed by atoms with Crippen molar-refractivity contribution in [1.29, 1.82) is 0 Å².